The molecule has 2 N–H and O–H groups in total. The number of nitrogens with zero attached hydrogens (tertiary/aromatic N) is 3. The molecule has 0 aliphatic carbocycles. The van der Waals surface area contributed by atoms with Gasteiger partial charge in [0, 0.05) is 24.0 Å². The van der Waals surface area contributed by atoms with Gasteiger partial charge >= 0.3 is 0 Å². The van der Waals surface area contributed by atoms with E-state index < -0.39 is 0 Å². The number of rotatable bonds is 3. The molecular formula is C14H11ClN4O2. The van der Waals surface area contributed by atoms with E-state index in [1.54, 1.807) is 36.7 Å². The molecule has 2 heterocycles. The molecule has 0 bridgehead atoms. The van der Waals surface area contributed by atoms with Gasteiger partial charge in [-0.05, 0) is 18.2 Å². The van der Waals surface area contributed by atoms with Crippen LogP contribution in [0, 0.1) is 0 Å². The summed E-state index contributed by atoms with van der Waals surface area (Å²) in [7, 11) is 1.53. The maximum atomic E-state index is 6.04. The number of hydrogen-bond donors (Lipinski definition) is 1. The zero-order valence-corrected chi connectivity index (χ0v) is 11.8. The average Bonchev–Trinajstić information content (AvgIpc) is 3.00. The van der Waals surface area contributed by atoms with Crippen molar-refractivity contribution in [3.05, 3.63) is 41.7 Å². The maximum absolute atomic E-state index is 6.04. The first-order chi connectivity index (χ1) is 10.2. The second kappa shape index (κ2) is 5.41. The Hall–Kier alpha value is -2.60. The van der Waals surface area contributed by atoms with Crippen molar-refractivity contribution < 1.29 is 9.26 Å². The normalized spacial score (nSPS) is 10.6. The van der Waals surface area contributed by atoms with Crippen molar-refractivity contribution in [2.24, 2.45) is 0 Å². The van der Waals surface area contributed by atoms with E-state index >= 15 is 0 Å². The Morgan fingerprint density at radius 3 is 2.71 bits per heavy atom. The lowest BCUT2D eigenvalue weighted by Crippen LogP contribution is -1.93. The lowest BCUT2D eigenvalue weighted by molar-refractivity contribution is 0.405. The molecule has 106 valence electrons. The number of hydrogen-bond acceptors (Lipinski definition) is 6. The van der Waals surface area contributed by atoms with Crippen molar-refractivity contribution in [1.82, 2.24) is 15.1 Å². The SMILES string of the molecule is COc1cc(N)c(Cl)cc1-c1nc(-c2ccncc2)no1. The fourth-order valence-corrected chi connectivity index (χ4v) is 2.02. The van der Waals surface area contributed by atoms with Crippen LogP contribution < -0.4 is 10.5 Å². The Morgan fingerprint density at radius 2 is 2.00 bits per heavy atom. The number of anilines is 1. The molecule has 0 radical (unpaired) electrons. The molecule has 0 aliphatic rings. The molecule has 0 amide bonds. The number of benzene rings is 1. The molecule has 7 heteroatoms. The summed E-state index contributed by atoms with van der Waals surface area (Å²) < 4.78 is 10.6. The Kier molecular flexibility index (Phi) is 3.45. The smallest absolute Gasteiger partial charge is 0.262 e. The van der Waals surface area contributed by atoms with Crippen LogP contribution in [0.4, 0.5) is 5.69 Å². The van der Waals surface area contributed by atoms with Crippen molar-refractivity contribution in [2.45, 2.75) is 0 Å². The van der Waals surface area contributed by atoms with Gasteiger partial charge in [-0.1, -0.05) is 16.8 Å². The first-order valence-electron chi connectivity index (χ1n) is 6.06. The third-order valence-corrected chi connectivity index (χ3v) is 3.24. The van der Waals surface area contributed by atoms with Crippen molar-refractivity contribution in [1.29, 1.82) is 0 Å². The summed E-state index contributed by atoms with van der Waals surface area (Å²) in [5.41, 5.74) is 7.57. The number of aromatic nitrogens is 3. The first-order valence-corrected chi connectivity index (χ1v) is 6.44. The van der Waals surface area contributed by atoms with Crippen LogP contribution in [0.15, 0.2) is 41.2 Å². The van der Waals surface area contributed by atoms with Crippen LogP contribution in [-0.2, 0) is 0 Å². The van der Waals surface area contributed by atoms with Crippen molar-refractivity contribution in [2.75, 3.05) is 12.8 Å². The predicted molar refractivity (Wildman–Crippen MR) is 78.9 cm³/mol. The lowest BCUT2D eigenvalue weighted by Gasteiger charge is -2.07. The van der Waals surface area contributed by atoms with Gasteiger partial charge in [0.05, 0.1) is 23.4 Å². The molecule has 3 aromatic rings. The molecule has 0 saturated carbocycles. The van der Waals surface area contributed by atoms with Crippen molar-refractivity contribution >= 4 is 17.3 Å². The number of ether oxygens (including phenoxy) is 1. The minimum atomic E-state index is 0.306. The van der Waals surface area contributed by atoms with E-state index in [0.717, 1.165) is 5.56 Å². The Labute approximate surface area is 125 Å². The molecular weight excluding hydrogens is 292 g/mol. The van der Waals surface area contributed by atoms with E-state index in [0.29, 0.717) is 33.7 Å². The third-order valence-electron chi connectivity index (χ3n) is 2.91. The zero-order chi connectivity index (χ0) is 14.8. The maximum Gasteiger partial charge on any atom is 0.262 e. The number of methoxy groups -OCH3 is 1. The topological polar surface area (TPSA) is 87.1 Å². The molecule has 0 spiro atoms. The van der Waals surface area contributed by atoms with Crippen LogP contribution in [0.25, 0.3) is 22.8 Å². The fraction of sp³-hybridized carbons (Fsp3) is 0.0714. The number of pyridine rings is 1. The highest BCUT2D eigenvalue weighted by molar-refractivity contribution is 6.33. The van der Waals surface area contributed by atoms with Crippen molar-refractivity contribution in [3.8, 4) is 28.6 Å². The summed E-state index contributed by atoms with van der Waals surface area (Å²) in [6.45, 7) is 0. The Morgan fingerprint density at radius 1 is 1.24 bits per heavy atom. The van der Waals surface area contributed by atoms with Crippen LogP contribution in [0.2, 0.25) is 5.02 Å². The highest BCUT2D eigenvalue weighted by Gasteiger charge is 2.16. The molecule has 0 atom stereocenters. The summed E-state index contributed by atoms with van der Waals surface area (Å²) in [6, 6.07) is 6.84. The van der Waals surface area contributed by atoms with E-state index in [-0.39, 0.29) is 0 Å². The van der Waals surface area contributed by atoms with Crippen LogP contribution in [0.3, 0.4) is 0 Å². The largest absolute Gasteiger partial charge is 0.496 e. The second-order valence-electron chi connectivity index (χ2n) is 4.23. The summed E-state index contributed by atoms with van der Waals surface area (Å²) in [6.07, 6.45) is 3.32. The van der Waals surface area contributed by atoms with E-state index in [4.69, 9.17) is 26.6 Å². The summed E-state index contributed by atoms with van der Waals surface area (Å²) in [4.78, 5) is 8.29. The van der Waals surface area contributed by atoms with Crippen LogP contribution >= 0.6 is 11.6 Å². The number of nitrogens with two attached hydrogens (primary N) is 1. The highest BCUT2D eigenvalue weighted by atomic mass is 35.5. The summed E-state index contributed by atoms with van der Waals surface area (Å²) >= 11 is 6.04. The fourth-order valence-electron chi connectivity index (χ4n) is 1.86. The van der Waals surface area contributed by atoms with Crippen molar-refractivity contribution in [3.63, 3.8) is 0 Å². The average molecular weight is 303 g/mol. The third kappa shape index (κ3) is 2.53. The van der Waals surface area contributed by atoms with Gasteiger partial charge in [-0.2, -0.15) is 4.98 Å². The molecule has 2 aromatic heterocycles. The molecule has 1 aromatic carbocycles. The first kappa shape index (κ1) is 13.4. The standard InChI is InChI=1S/C14H11ClN4O2/c1-20-12-7-11(16)10(15)6-9(12)14-18-13(19-21-14)8-2-4-17-5-3-8/h2-7H,16H2,1H3. The number of halogens is 1. The molecule has 21 heavy (non-hydrogen) atoms. The van der Waals surface area contributed by atoms with E-state index in [9.17, 15) is 0 Å². The monoisotopic (exact) mass is 302 g/mol. The van der Waals surface area contributed by atoms with Gasteiger partial charge in [0.2, 0.25) is 5.82 Å². The summed E-state index contributed by atoms with van der Waals surface area (Å²) in [5, 5.41) is 4.34. The van der Waals surface area contributed by atoms with E-state index in [1.165, 1.54) is 7.11 Å². The molecule has 0 unspecified atom stereocenters. The number of nitrogen functional groups attached to an aromatic ring is 1. The van der Waals surface area contributed by atoms with Gasteiger partial charge in [0.25, 0.3) is 5.89 Å². The Balaban J connectivity index is 2.06. The minimum absolute atomic E-state index is 0.306. The van der Waals surface area contributed by atoms with E-state index in [1.807, 2.05) is 0 Å². The molecule has 0 aliphatic heterocycles. The van der Waals surface area contributed by atoms with E-state index in [2.05, 4.69) is 15.1 Å². The van der Waals surface area contributed by atoms with Gasteiger partial charge < -0.3 is 15.0 Å². The Bertz CT molecular complexity index is 774. The quantitative estimate of drug-likeness (QED) is 0.748. The minimum Gasteiger partial charge on any atom is -0.496 e. The molecule has 6 nitrogen and oxygen atoms in total. The highest BCUT2D eigenvalue weighted by Crippen LogP contribution is 2.35. The van der Waals surface area contributed by atoms with Gasteiger partial charge in [0.1, 0.15) is 5.75 Å². The second-order valence-corrected chi connectivity index (χ2v) is 4.64. The van der Waals surface area contributed by atoms with Gasteiger partial charge in [0.15, 0.2) is 0 Å². The molecule has 0 fully saturated rings. The van der Waals surface area contributed by atoms with Crippen LogP contribution in [-0.4, -0.2) is 22.2 Å². The van der Waals surface area contributed by atoms with Crippen LogP contribution in [0.5, 0.6) is 5.75 Å². The van der Waals surface area contributed by atoms with Crippen LogP contribution in [0.1, 0.15) is 0 Å². The lowest BCUT2D eigenvalue weighted by atomic mass is 10.1. The summed E-state index contributed by atoms with van der Waals surface area (Å²) in [5.74, 6) is 1.28. The van der Waals surface area contributed by atoms with Gasteiger partial charge in [-0.15, -0.1) is 0 Å². The predicted octanol–water partition coefficient (Wildman–Crippen LogP) is 3.04. The molecule has 3 rings (SSSR count). The van der Waals surface area contributed by atoms with Gasteiger partial charge in [-0.25, -0.2) is 0 Å². The zero-order valence-electron chi connectivity index (χ0n) is 11.1. The molecule has 0 saturated heterocycles. The van der Waals surface area contributed by atoms with Gasteiger partial charge in [-0.3, -0.25) is 4.98 Å².